The van der Waals surface area contributed by atoms with Crippen LogP contribution in [0.25, 0.3) is 0 Å². The average molecular weight is 291 g/mol. The van der Waals surface area contributed by atoms with Gasteiger partial charge in [0.05, 0.1) is 7.11 Å². The summed E-state index contributed by atoms with van der Waals surface area (Å²) in [6, 6.07) is 0.368. The van der Waals surface area contributed by atoms with Gasteiger partial charge in [-0.15, -0.1) is 0 Å². The van der Waals surface area contributed by atoms with Crippen LogP contribution >= 0.6 is 0 Å². The van der Waals surface area contributed by atoms with Crippen molar-refractivity contribution in [1.82, 2.24) is 15.0 Å². The van der Waals surface area contributed by atoms with Crippen molar-refractivity contribution < 1.29 is 4.74 Å². The van der Waals surface area contributed by atoms with Crippen LogP contribution in [0.3, 0.4) is 0 Å². The zero-order valence-corrected chi connectivity index (χ0v) is 13.3. The van der Waals surface area contributed by atoms with E-state index in [1.54, 1.807) is 7.11 Å². The third-order valence-corrected chi connectivity index (χ3v) is 3.51. The van der Waals surface area contributed by atoms with Crippen molar-refractivity contribution in [2.75, 3.05) is 43.6 Å². The van der Waals surface area contributed by atoms with Gasteiger partial charge in [0.1, 0.15) is 0 Å². The lowest BCUT2D eigenvalue weighted by Crippen LogP contribution is -2.28. The Morgan fingerprint density at radius 3 is 2.43 bits per heavy atom. The molecule has 1 saturated heterocycles. The monoisotopic (exact) mass is 291 g/mol. The van der Waals surface area contributed by atoms with E-state index in [2.05, 4.69) is 26.4 Å². The van der Waals surface area contributed by atoms with Crippen molar-refractivity contribution in [3.05, 3.63) is 12.2 Å². The van der Waals surface area contributed by atoms with E-state index < -0.39 is 0 Å². The molecule has 0 amide bonds. The third-order valence-electron chi connectivity index (χ3n) is 3.51. The molecule has 1 fully saturated rings. The quantitative estimate of drug-likeness (QED) is 0.776. The van der Waals surface area contributed by atoms with Gasteiger partial charge < -0.3 is 14.5 Å². The lowest BCUT2D eigenvalue weighted by molar-refractivity contribution is 0.378. The Balaban J connectivity index is 2.25. The van der Waals surface area contributed by atoms with Gasteiger partial charge in [0, 0.05) is 26.7 Å². The van der Waals surface area contributed by atoms with Crippen molar-refractivity contribution in [2.24, 2.45) is 0 Å². The van der Waals surface area contributed by atoms with Gasteiger partial charge in [-0.1, -0.05) is 25.0 Å². The molecule has 0 saturated carbocycles. The number of hydrogen-bond acceptors (Lipinski definition) is 6. The molecule has 1 aromatic rings. The van der Waals surface area contributed by atoms with Gasteiger partial charge >= 0.3 is 6.01 Å². The zero-order chi connectivity index (χ0) is 15.2. The minimum absolute atomic E-state index is 0.368. The molecule has 0 aromatic carbocycles. The van der Waals surface area contributed by atoms with Crippen LogP contribution in [0.1, 0.15) is 32.6 Å². The molecule has 0 radical (unpaired) electrons. The van der Waals surface area contributed by atoms with E-state index in [0.29, 0.717) is 24.5 Å². The second-order valence-electron chi connectivity index (χ2n) is 5.64. The van der Waals surface area contributed by atoms with Gasteiger partial charge in [-0.2, -0.15) is 15.0 Å². The molecule has 0 unspecified atom stereocenters. The highest BCUT2D eigenvalue weighted by Gasteiger charge is 2.17. The first kappa shape index (κ1) is 15.5. The Morgan fingerprint density at radius 1 is 1.19 bits per heavy atom. The topological polar surface area (TPSA) is 54.4 Å². The number of hydrogen-bond donors (Lipinski definition) is 0. The van der Waals surface area contributed by atoms with Gasteiger partial charge in [-0.25, -0.2) is 0 Å². The van der Waals surface area contributed by atoms with Crippen LogP contribution in [-0.2, 0) is 0 Å². The third kappa shape index (κ3) is 4.31. The standard InChI is InChI=1S/C15H25N5O/c1-12(2)11-19(3)13-16-14(18-15(17-13)21-4)20-9-7-5-6-8-10-20/h1,5-11H2,2-4H3. The van der Waals surface area contributed by atoms with Crippen molar-refractivity contribution in [1.29, 1.82) is 0 Å². The second kappa shape index (κ2) is 7.24. The molecule has 2 rings (SSSR count). The fourth-order valence-electron chi connectivity index (χ4n) is 2.49. The van der Waals surface area contributed by atoms with Gasteiger partial charge in [0.15, 0.2) is 0 Å². The van der Waals surface area contributed by atoms with Crippen LogP contribution in [-0.4, -0.2) is 48.7 Å². The predicted molar refractivity (Wildman–Crippen MR) is 85.1 cm³/mol. The summed E-state index contributed by atoms with van der Waals surface area (Å²) in [5.41, 5.74) is 1.06. The van der Waals surface area contributed by atoms with E-state index in [0.717, 1.165) is 18.7 Å². The molecular formula is C15H25N5O. The molecule has 21 heavy (non-hydrogen) atoms. The Kier molecular flexibility index (Phi) is 5.36. The number of nitrogens with zero attached hydrogens (tertiary/aromatic N) is 5. The molecule has 0 atom stereocenters. The van der Waals surface area contributed by atoms with Crippen LogP contribution in [0.5, 0.6) is 6.01 Å². The highest BCUT2D eigenvalue weighted by atomic mass is 16.5. The Morgan fingerprint density at radius 2 is 1.86 bits per heavy atom. The molecule has 0 bridgehead atoms. The highest BCUT2D eigenvalue weighted by Crippen LogP contribution is 2.20. The SMILES string of the molecule is C=C(C)CN(C)c1nc(OC)nc(N2CCCCCC2)n1. The van der Waals surface area contributed by atoms with Crippen LogP contribution in [0, 0.1) is 0 Å². The Bertz CT molecular complexity index is 483. The second-order valence-corrected chi connectivity index (χ2v) is 5.64. The molecule has 6 nitrogen and oxygen atoms in total. The Hall–Kier alpha value is -1.85. The summed E-state index contributed by atoms with van der Waals surface area (Å²) in [5, 5.41) is 0. The number of aromatic nitrogens is 3. The fraction of sp³-hybridized carbons (Fsp3) is 0.667. The number of ether oxygens (including phenoxy) is 1. The first-order chi connectivity index (χ1) is 10.1. The van der Waals surface area contributed by atoms with Gasteiger partial charge in [-0.05, 0) is 19.8 Å². The number of rotatable bonds is 5. The number of methoxy groups -OCH3 is 1. The van der Waals surface area contributed by atoms with Crippen molar-refractivity contribution in [2.45, 2.75) is 32.6 Å². The molecule has 1 aromatic heterocycles. The van der Waals surface area contributed by atoms with Crippen molar-refractivity contribution in [3.63, 3.8) is 0 Å². The molecule has 116 valence electrons. The van der Waals surface area contributed by atoms with Crippen LogP contribution in [0.15, 0.2) is 12.2 Å². The molecule has 1 aliphatic heterocycles. The highest BCUT2D eigenvalue weighted by molar-refractivity contribution is 5.40. The van der Waals surface area contributed by atoms with E-state index in [-0.39, 0.29) is 0 Å². The van der Waals surface area contributed by atoms with Crippen LogP contribution < -0.4 is 14.5 Å². The summed E-state index contributed by atoms with van der Waals surface area (Å²) in [6.45, 7) is 8.63. The molecule has 2 heterocycles. The molecule has 0 aliphatic carbocycles. The molecule has 0 spiro atoms. The molecule has 6 heteroatoms. The number of anilines is 2. The maximum absolute atomic E-state index is 5.23. The molecular weight excluding hydrogens is 266 g/mol. The summed E-state index contributed by atoms with van der Waals surface area (Å²) >= 11 is 0. The normalized spacial score (nSPS) is 15.5. The smallest absolute Gasteiger partial charge is 0.322 e. The first-order valence-corrected chi connectivity index (χ1v) is 7.50. The van der Waals surface area contributed by atoms with E-state index in [9.17, 15) is 0 Å². The lowest BCUT2D eigenvalue weighted by Gasteiger charge is -2.23. The van der Waals surface area contributed by atoms with Gasteiger partial charge in [0.2, 0.25) is 11.9 Å². The van der Waals surface area contributed by atoms with E-state index in [1.165, 1.54) is 25.7 Å². The fourth-order valence-corrected chi connectivity index (χ4v) is 2.49. The summed E-state index contributed by atoms with van der Waals surface area (Å²) in [7, 11) is 3.54. The minimum atomic E-state index is 0.368. The van der Waals surface area contributed by atoms with Crippen LogP contribution in [0.2, 0.25) is 0 Å². The Labute approximate surface area is 126 Å². The summed E-state index contributed by atoms with van der Waals surface area (Å²) in [5.74, 6) is 1.34. The summed E-state index contributed by atoms with van der Waals surface area (Å²) < 4.78 is 5.23. The van der Waals surface area contributed by atoms with Crippen molar-refractivity contribution >= 4 is 11.9 Å². The average Bonchev–Trinajstić information content (AvgIpc) is 2.75. The van der Waals surface area contributed by atoms with Crippen molar-refractivity contribution in [3.8, 4) is 6.01 Å². The van der Waals surface area contributed by atoms with E-state index in [1.807, 2.05) is 18.9 Å². The predicted octanol–water partition coefficient (Wildman–Crippen LogP) is 2.27. The number of likely N-dealkylation sites (N-methyl/N-ethyl adjacent to an activating group) is 1. The summed E-state index contributed by atoms with van der Waals surface area (Å²) in [6.07, 6.45) is 4.93. The maximum Gasteiger partial charge on any atom is 0.322 e. The minimum Gasteiger partial charge on any atom is -0.467 e. The largest absolute Gasteiger partial charge is 0.467 e. The molecule has 0 N–H and O–H groups in total. The van der Waals surface area contributed by atoms with E-state index >= 15 is 0 Å². The first-order valence-electron chi connectivity index (χ1n) is 7.50. The van der Waals surface area contributed by atoms with Crippen LogP contribution in [0.4, 0.5) is 11.9 Å². The van der Waals surface area contributed by atoms with E-state index in [4.69, 9.17) is 4.74 Å². The lowest BCUT2D eigenvalue weighted by atomic mass is 10.2. The molecule has 1 aliphatic rings. The summed E-state index contributed by atoms with van der Waals surface area (Å²) in [4.78, 5) is 17.6. The van der Waals surface area contributed by atoms with Gasteiger partial charge in [-0.3, -0.25) is 0 Å². The van der Waals surface area contributed by atoms with Gasteiger partial charge in [0.25, 0.3) is 0 Å². The maximum atomic E-state index is 5.23. The zero-order valence-electron chi connectivity index (χ0n) is 13.3.